The number of anilines is 1. The van der Waals surface area contributed by atoms with E-state index in [1.165, 1.54) is 19.3 Å². The second kappa shape index (κ2) is 9.24. The molecule has 0 saturated heterocycles. The molecule has 0 aliphatic heterocycles. The number of hydrogen-bond acceptors (Lipinski definition) is 3. The third-order valence-corrected chi connectivity index (χ3v) is 5.27. The summed E-state index contributed by atoms with van der Waals surface area (Å²) in [6.45, 7) is 0.691. The fourth-order valence-electron chi connectivity index (χ4n) is 3.24. The second-order valence-electron chi connectivity index (χ2n) is 6.68. The van der Waals surface area contributed by atoms with Crippen molar-refractivity contribution in [3.63, 3.8) is 0 Å². The number of rotatable bonds is 6. The number of hydrogen-bond donors (Lipinski definition) is 2. The number of benzene rings is 1. The van der Waals surface area contributed by atoms with Crippen LogP contribution >= 0.6 is 23.2 Å². The molecule has 138 valence electrons. The molecule has 0 unspecified atom stereocenters. The molecule has 1 aliphatic carbocycles. The summed E-state index contributed by atoms with van der Waals surface area (Å²) in [4.78, 5) is 16.6. The van der Waals surface area contributed by atoms with Gasteiger partial charge in [-0.15, -0.1) is 0 Å². The third-order valence-electron chi connectivity index (χ3n) is 4.68. The zero-order valence-electron chi connectivity index (χ0n) is 14.6. The maximum Gasteiger partial charge on any atom is 0.253 e. The van der Waals surface area contributed by atoms with Gasteiger partial charge in [0.2, 0.25) is 0 Å². The summed E-state index contributed by atoms with van der Waals surface area (Å²) < 4.78 is 0. The lowest BCUT2D eigenvalue weighted by Crippen LogP contribution is -2.36. The van der Waals surface area contributed by atoms with Crippen LogP contribution in [0.2, 0.25) is 10.0 Å². The molecule has 1 fully saturated rings. The van der Waals surface area contributed by atoms with Crippen LogP contribution in [-0.4, -0.2) is 23.5 Å². The summed E-state index contributed by atoms with van der Waals surface area (Å²) in [5.74, 6) is -0.0474. The molecule has 0 radical (unpaired) electrons. The highest BCUT2D eigenvalue weighted by Crippen LogP contribution is 2.22. The second-order valence-corrected chi connectivity index (χ2v) is 7.53. The molecule has 1 aromatic carbocycles. The standard InChI is InChI=1S/C20H23Cl2N3O/c21-16-7-6-14(19(22)11-16)8-9-24-18-10-15(12-23-13-18)20(26)25-17-4-2-1-3-5-17/h6-7,10-13,17,24H,1-5,8-9H2,(H,25,26). The van der Waals surface area contributed by atoms with Crippen LogP contribution < -0.4 is 10.6 Å². The van der Waals surface area contributed by atoms with Crippen LogP contribution in [0.3, 0.4) is 0 Å². The molecule has 0 spiro atoms. The van der Waals surface area contributed by atoms with E-state index in [1.54, 1.807) is 18.5 Å². The van der Waals surface area contributed by atoms with Gasteiger partial charge in [0.15, 0.2) is 0 Å². The Morgan fingerprint density at radius 1 is 1.12 bits per heavy atom. The Labute approximate surface area is 164 Å². The number of aromatic nitrogens is 1. The highest BCUT2D eigenvalue weighted by atomic mass is 35.5. The smallest absolute Gasteiger partial charge is 0.253 e. The number of pyridine rings is 1. The lowest BCUT2D eigenvalue weighted by molar-refractivity contribution is 0.0927. The van der Waals surface area contributed by atoms with Gasteiger partial charge in [-0.3, -0.25) is 9.78 Å². The van der Waals surface area contributed by atoms with Crippen molar-refractivity contribution in [1.29, 1.82) is 0 Å². The van der Waals surface area contributed by atoms with Crippen molar-refractivity contribution in [2.75, 3.05) is 11.9 Å². The number of nitrogens with zero attached hydrogens (tertiary/aromatic N) is 1. The van der Waals surface area contributed by atoms with Crippen LogP contribution in [0, 0.1) is 0 Å². The Kier molecular flexibility index (Phi) is 6.75. The fraction of sp³-hybridized carbons (Fsp3) is 0.400. The molecule has 1 aromatic heterocycles. The first-order valence-corrected chi connectivity index (χ1v) is 9.81. The lowest BCUT2D eigenvalue weighted by Gasteiger charge is -2.22. The minimum Gasteiger partial charge on any atom is -0.383 e. The molecule has 1 heterocycles. The van der Waals surface area contributed by atoms with Crippen molar-refractivity contribution in [3.05, 3.63) is 57.8 Å². The first-order chi connectivity index (χ1) is 12.6. The molecule has 2 N–H and O–H groups in total. The van der Waals surface area contributed by atoms with Crippen LogP contribution in [0.5, 0.6) is 0 Å². The number of halogens is 2. The Morgan fingerprint density at radius 2 is 1.92 bits per heavy atom. The summed E-state index contributed by atoms with van der Waals surface area (Å²) >= 11 is 12.1. The van der Waals surface area contributed by atoms with Crippen LogP contribution in [-0.2, 0) is 6.42 Å². The average molecular weight is 392 g/mol. The van der Waals surface area contributed by atoms with Gasteiger partial charge in [0.05, 0.1) is 11.3 Å². The number of amides is 1. The topological polar surface area (TPSA) is 54.0 Å². The fourth-order valence-corrected chi connectivity index (χ4v) is 3.75. The minimum absolute atomic E-state index is 0.0474. The number of carbonyl (C=O) groups excluding carboxylic acids is 1. The van der Waals surface area contributed by atoms with Gasteiger partial charge in [-0.2, -0.15) is 0 Å². The summed E-state index contributed by atoms with van der Waals surface area (Å²) in [6.07, 6.45) is 9.88. The van der Waals surface area contributed by atoms with Gasteiger partial charge in [0.25, 0.3) is 5.91 Å². The Hall–Kier alpha value is -1.78. The highest BCUT2D eigenvalue weighted by molar-refractivity contribution is 6.35. The maximum atomic E-state index is 12.4. The summed E-state index contributed by atoms with van der Waals surface area (Å²) in [5, 5.41) is 7.72. The summed E-state index contributed by atoms with van der Waals surface area (Å²) in [5.41, 5.74) is 2.44. The van der Waals surface area contributed by atoms with Gasteiger partial charge in [0, 0.05) is 35.0 Å². The van der Waals surface area contributed by atoms with Gasteiger partial charge >= 0.3 is 0 Å². The van der Waals surface area contributed by atoms with E-state index in [4.69, 9.17) is 23.2 Å². The molecule has 2 aromatic rings. The molecule has 3 rings (SSSR count). The molecular weight excluding hydrogens is 369 g/mol. The van der Waals surface area contributed by atoms with Crippen LogP contribution in [0.15, 0.2) is 36.7 Å². The Bertz CT molecular complexity index is 760. The molecule has 26 heavy (non-hydrogen) atoms. The quantitative estimate of drug-likeness (QED) is 0.719. The molecule has 1 saturated carbocycles. The van der Waals surface area contributed by atoms with Gasteiger partial charge < -0.3 is 10.6 Å². The van der Waals surface area contributed by atoms with Gasteiger partial charge in [-0.1, -0.05) is 48.5 Å². The molecule has 1 aliphatic rings. The molecule has 1 amide bonds. The van der Waals surface area contributed by atoms with Crippen molar-refractivity contribution in [2.24, 2.45) is 0 Å². The molecule has 0 atom stereocenters. The van der Waals surface area contributed by atoms with Crippen LogP contribution in [0.1, 0.15) is 48.0 Å². The van der Waals surface area contributed by atoms with Crippen molar-refractivity contribution in [1.82, 2.24) is 10.3 Å². The number of nitrogens with one attached hydrogen (secondary N) is 2. The van der Waals surface area contributed by atoms with Crippen molar-refractivity contribution < 1.29 is 4.79 Å². The van der Waals surface area contributed by atoms with Crippen molar-refractivity contribution >= 4 is 34.8 Å². The first-order valence-electron chi connectivity index (χ1n) is 9.05. The predicted molar refractivity (Wildman–Crippen MR) is 107 cm³/mol. The SMILES string of the molecule is O=C(NC1CCCCC1)c1cncc(NCCc2ccc(Cl)cc2Cl)c1. The number of carbonyl (C=O) groups is 1. The Morgan fingerprint density at radius 3 is 2.69 bits per heavy atom. The van der Waals surface area contributed by atoms with Crippen molar-refractivity contribution in [2.45, 2.75) is 44.6 Å². The third kappa shape index (κ3) is 5.36. The monoisotopic (exact) mass is 391 g/mol. The largest absolute Gasteiger partial charge is 0.383 e. The normalized spacial score (nSPS) is 14.8. The molecule has 6 heteroatoms. The van der Waals surface area contributed by atoms with E-state index in [9.17, 15) is 4.79 Å². The minimum atomic E-state index is -0.0474. The molecule has 4 nitrogen and oxygen atoms in total. The van der Waals surface area contributed by atoms with E-state index in [1.807, 2.05) is 18.2 Å². The molecule has 0 bridgehead atoms. The van der Waals surface area contributed by atoms with Gasteiger partial charge in [-0.05, 0) is 43.0 Å². The van der Waals surface area contributed by atoms with E-state index < -0.39 is 0 Å². The predicted octanol–water partition coefficient (Wildman–Crippen LogP) is 5.11. The van der Waals surface area contributed by atoms with E-state index in [0.717, 1.165) is 30.5 Å². The average Bonchev–Trinajstić information content (AvgIpc) is 2.64. The Balaban J connectivity index is 1.54. The summed E-state index contributed by atoms with van der Waals surface area (Å²) in [6, 6.07) is 7.64. The highest BCUT2D eigenvalue weighted by Gasteiger charge is 2.17. The maximum absolute atomic E-state index is 12.4. The zero-order valence-corrected chi connectivity index (χ0v) is 16.1. The lowest BCUT2D eigenvalue weighted by atomic mass is 9.95. The first kappa shape index (κ1) is 19.0. The van der Waals surface area contributed by atoms with Crippen LogP contribution in [0.25, 0.3) is 0 Å². The molecular formula is C20H23Cl2N3O. The van der Waals surface area contributed by atoms with E-state index in [2.05, 4.69) is 15.6 Å². The van der Waals surface area contributed by atoms with Crippen molar-refractivity contribution in [3.8, 4) is 0 Å². The van der Waals surface area contributed by atoms with Gasteiger partial charge in [-0.25, -0.2) is 0 Å². The van der Waals surface area contributed by atoms with Crippen LogP contribution in [0.4, 0.5) is 5.69 Å². The van der Waals surface area contributed by atoms with E-state index in [-0.39, 0.29) is 5.91 Å². The van der Waals surface area contributed by atoms with Gasteiger partial charge in [0.1, 0.15) is 0 Å². The summed E-state index contributed by atoms with van der Waals surface area (Å²) in [7, 11) is 0. The zero-order chi connectivity index (χ0) is 18.4. The van der Waals surface area contributed by atoms with E-state index in [0.29, 0.717) is 28.2 Å². The van der Waals surface area contributed by atoms with E-state index >= 15 is 0 Å².